The summed E-state index contributed by atoms with van der Waals surface area (Å²) >= 11 is 0. The van der Waals surface area contributed by atoms with Crippen LogP contribution >= 0.6 is 0 Å². The highest BCUT2D eigenvalue weighted by Crippen LogP contribution is 2.21. The van der Waals surface area contributed by atoms with Crippen LogP contribution in [0.15, 0.2) is 30.5 Å². The molecule has 0 unspecified atom stereocenters. The highest BCUT2D eigenvalue weighted by atomic mass is 15.3. The third-order valence-electron chi connectivity index (χ3n) is 4.63. The lowest BCUT2D eigenvalue weighted by atomic mass is 10.2. The number of hydrogen-bond donors (Lipinski definition) is 2. The first kappa shape index (κ1) is 18.4. The van der Waals surface area contributed by atoms with Crippen LogP contribution in [0.1, 0.15) is 26.2 Å². The maximum atomic E-state index is 4.47. The van der Waals surface area contributed by atoms with Crippen molar-refractivity contribution in [2.75, 3.05) is 55.3 Å². The van der Waals surface area contributed by atoms with E-state index in [9.17, 15) is 0 Å². The molecular weight excluding hydrogens is 326 g/mol. The Morgan fingerprint density at radius 2 is 1.81 bits per heavy atom. The van der Waals surface area contributed by atoms with Gasteiger partial charge in [-0.15, -0.1) is 5.10 Å². The predicted octanol–water partition coefficient (Wildman–Crippen LogP) is 2.97. The quantitative estimate of drug-likeness (QED) is 0.706. The number of nitrogens with one attached hydrogen (secondary N) is 2. The third kappa shape index (κ3) is 5.29. The van der Waals surface area contributed by atoms with E-state index < -0.39 is 0 Å². The van der Waals surface area contributed by atoms with Gasteiger partial charge >= 0.3 is 0 Å². The maximum absolute atomic E-state index is 4.47. The number of piperazine rings is 1. The zero-order valence-corrected chi connectivity index (χ0v) is 15.8. The van der Waals surface area contributed by atoms with Gasteiger partial charge < -0.3 is 20.4 Å². The molecule has 1 aromatic carbocycles. The van der Waals surface area contributed by atoms with Gasteiger partial charge in [-0.3, -0.25) is 0 Å². The van der Waals surface area contributed by atoms with Crippen LogP contribution in [0.25, 0.3) is 0 Å². The molecule has 7 nitrogen and oxygen atoms in total. The van der Waals surface area contributed by atoms with Crippen LogP contribution in [0.4, 0.5) is 23.1 Å². The summed E-state index contributed by atoms with van der Waals surface area (Å²) in [6, 6.07) is 8.49. The van der Waals surface area contributed by atoms with E-state index in [0.29, 0.717) is 11.8 Å². The highest BCUT2D eigenvalue weighted by Gasteiger charge is 2.14. The van der Waals surface area contributed by atoms with Crippen LogP contribution in [0.2, 0.25) is 0 Å². The van der Waals surface area contributed by atoms with Gasteiger partial charge in [0, 0.05) is 44.1 Å². The topological polar surface area (TPSA) is 69.2 Å². The van der Waals surface area contributed by atoms with E-state index in [1.54, 1.807) is 6.20 Å². The Bertz CT molecular complexity index is 666. The number of nitrogens with zero attached hydrogens (tertiary/aromatic N) is 5. The molecule has 2 N–H and O–H groups in total. The van der Waals surface area contributed by atoms with Gasteiger partial charge in [-0.1, -0.05) is 19.8 Å². The Kier molecular flexibility index (Phi) is 6.60. The number of rotatable bonds is 8. The summed E-state index contributed by atoms with van der Waals surface area (Å²) < 4.78 is 0. The van der Waals surface area contributed by atoms with E-state index in [2.05, 4.69) is 73.9 Å². The summed E-state index contributed by atoms with van der Waals surface area (Å²) in [6.07, 6.45) is 5.17. The van der Waals surface area contributed by atoms with Gasteiger partial charge in [0.2, 0.25) is 5.95 Å². The number of benzene rings is 1. The first-order valence-corrected chi connectivity index (χ1v) is 9.49. The van der Waals surface area contributed by atoms with Crippen molar-refractivity contribution in [3.8, 4) is 0 Å². The fourth-order valence-electron chi connectivity index (χ4n) is 2.98. The van der Waals surface area contributed by atoms with Crippen molar-refractivity contribution in [2.45, 2.75) is 26.2 Å². The van der Waals surface area contributed by atoms with E-state index in [1.165, 1.54) is 18.5 Å². The van der Waals surface area contributed by atoms with E-state index in [1.807, 2.05) is 0 Å². The number of aromatic nitrogens is 3. The fourth-order valence-corrected chi connectivity index (χ4v) is 2.98. The Balaban J connectivity index is 1.55. The molecule has 1 aliphatic heterocycles. The molecule has 0 atom stereocenters. The molecule has 2 heterocycles. The standard InChI is InChI=1S/C19H29N7/c1-3-4-5-10-20-19-23-18(15-21-24-19)22-16-6-8-17(9-7-16)26-13-11-25(2)12-14-26/h6-9,15H,3-5,10-14H2,1-2H3,(H2,20,22,23,24). The number of hydrogen-bond acceptors (Lipinski definition) is 7. The van der Waals surface area contributed by atoms with Crippen molar-refractivity contribution in [2.24, 2.45) is 0 Å². The first-order valence-electron chi connectivity index (χ1n) is 9.49. The Morgan fingerprint density at radius 3 is 2.54 bits per heavy atom. The molecule has 1 fully saturated rings. The van der Waals surface area contributed by atoms with Gasteiger partial charge in [0.05, 0.1) is 6.20 Å². The van der Waals surface area contributed by atoms with Crippen molar-refractivity contribution < 1.29 is 0 Å². The van der Waals surface area contributed by atoms with Crippen molar-refractivity contribution >= 4 is 23.1 Å². The van der Waals surface area contributed by atoms with E-state index in [-0.39, 0.29) is 0 Å². The summed E-state index contributed by atoms with van der Waals surface area (Å²) in [5, 5.41) is 14.6. The average molecular weight is 355 g/mol. The van der Waals surface area contributed by atoms with E-state index in [0.717, 1.165) is 44.8 Å². The molecule has 0 bridgehead atoms. The number of anilines is 4. The minimum Gasteiger partial charge on any atom is -0.369 e. The molecule has 140 valence electrons. The lowest BCUT2D eigenvalue weighted by molar-refractivity contribution is 0.313. The monoisotopic (exact) mass is 355 g/mol. The molecule has 0 saturated carbocycles. The van der Waals surface area contributed by atoms with Crippen molar-refractivity contribution in [1.82, 2.24) is 20.1 Å². The largest absolute Gasteiger partial charge is 0.369 e. The van der Waals surface area contributed by atoms with Crippen LogP contribution < -0.4 is 15.5 Å². The Hall–Kier alpha value is -2.41. The first-order chi connectivity index (χ1) is 12.7. The van der Waals surface area contributed by atoms with Gasteiger partial charge in [0.1, 0.15) is 0 Å². The van der Waals surface area contributed by atoms with Crippen LogP contribution in [-0.4, -0.2) is 59.9 Å². The Labute approximate surface area is 155 Å². The lowest BCUT2D eigenvalue weighted by Crippen LogP contribution is -2.44. The summed E-state index contributed by atoms with van der Waals surface area (Å²) in [6.45, 7) is 7.44. The molecule has 0 amide bonds. The molecule has 1 saturated heterocycles. The predicted molar refractivity (Wildman–Crippen MR) is 107 cm³/mol. The van der Waals surface area contributed by atoms with E-state index >= 15 is 0 Å². The molecule has 0 radical (unpaired) electrons. The van der Waals surface area contributed by atoms with Crippen molar-refractivity contribution in [3.05, 3.63) is 30.5 Å². The molecule has 1 aromatic heterocycles. The second kappa shape index (κ2) is 9.33. The Morgan fingerprint density at radius 1 is 1.04 bits per heavy atom. The van der Waals surface area contributed by atoms with E-state index in [4.69, 9.17) is 0 Å². The zero-order valence-electron chi connectivity index (χ0n) is 15.8. The number of unbranched alkanes of at least 4 members (excludes halogenated alkanes) is 2. The SMILES string of the molecule is CCCCCNc1nncc(Nc2ccc(N3CCN(C)CC3)cc2)n1. The van der Waals surface area contributed by atoms with Crippen molar-refractivity contribution in [1.29, 1.82) is 0 Å². The molecule has 0 spiro atoms. The van der Waals surface area contributed by atoms with Crippen molar-refractivity contribution in [3.63, 3.8) is 0 Å². The van der Waals surface area contributed by atoms with Gasteiger partial charge in [-0.2, -0.15) is 10.1 Å². The fraction of sp³-hybridized carbons (Fsp3) is 0.526. The molecule has 3 rings (SSSR count). The van der Waals surface area contributed by atoms with Crippen LogP contribution in [0.5, 0.6) is 0 Å². The summed E-state index contributed by atoms with van der Waals surface area (Å²) in [7, 11) is 2.17. The van der Waals surface area contributed by atoms with Gasteiger partial charge in [-0.25, -0.2) is 0 Å². The second-order valence-corrected chi connectivity index (χ2v) is 6.76. The van der Waals surface area contributed by atoms with Crippen LogP contribution in [0.3, 0.4) is 0 Å². The average Bonchev–Trinajstić information content (AvgIpc) is 2.67. The zero-order chi connectivity index (χ0) is 18.2. The normalized spacial score (nSPS) is 15.1. The molecule has 0 aliphatic carbocycles. The molecule has 2 aromatic rings. The molecule has 26 heavy (non-hydrogen) atoms. The molecular formula is C19H29N7. The highest BCUT2D eigenvalue weighted by molar-refractivity contribution is 5.61. The lowest BCUT2D eigenvalue weighted by Gasteiger charge is -2.34. The van der Waals surface area contributed by atoms with Crippen LogP contribution in [-0.2, 0) is 0 Å². The van der Waals surface area contributed by atoms with Crippen LogP contribution in [0, 0.1) is 0 Å². The summed E-state index contributed by atoms with van der Waals surface area (Å²) in [5.74, 6) is 1.27. The minimum absolute atomic E-state index is 0.570. The summed E-state index contributed by atoms with van der Waals surface area (Å²) in [5.41, 5.74) is 2.27. The van der Waals surface area contributed by atoms with Gasteiger partial charge in [0.15, 0.2) is 5.82 Å². The molecule has 7 heteroatoms. The second-order valence-electron chi connectivity index (χ2n) is 6.76. The molecule has 1 aliphatic rings. The van der Waals surface area contributed by atoms with Gasteiger partial charge in [-0.05, 0) is 37.7 Å². The minimum atomic E-state index is 0.570. The number of likely N-dealkylation sites (N-methyl/N-ethyl adjacent to an activating group) is 1. The summed E-state index contributed by atoms with van der Waals surface area (Å²) in [4.78, 5) is 9.26. The van der Waals surface area contributed by atoms with Gasteiger partial charge in [0.25, 0.3) is 0 Å². The third-order valence-corrected chi connectivity index (χ3v) is 4.63. The smallest absolute Gasteiger partial charge is 0.244 e. The maximum Gasteiger partial charge on any atom is 0.244 e.